The van der Waals surface area contributed by atoms with Gasteiger partial charge >= 0.3 is 0 Å². The van der Waals surface area contributed by atoms with Gasteiger partial charge in [0.2, 0.25) is 5.95 Å². The molecule has 2 fully saturated rings. The average molecular weight is 722 g/mol. The minimum atomic E-state index is -2.77. The fourth-order valence-electron chi connectivity index (χ4n) is 6.33. The molecule has 0 saturated carbocycles. The van der Waals surface area contributed by atoms with Gasteiger partial charge < -0.3 is 24.8 Å². The molecule has 5 aromatic rings. The third-order valence-electron chi connectivity index (χ3n) is 8.62. The number of halogens is 2. The van der Waals surface area contributed by atoms with E-state index in [2.05, 4.69) is 56.4 Å². The Morgan fingerprint density at radius 3 is 2.57 bits per heavy atom. The lowest BCUT2D eigenvalue weighted by Crippen LogP contribution is -2.54. The van der Waals surface area contributed by atoms with Crippen molar-refractivity contribution in [2.24, 2.45) is 7.05 Å². The lowest BCUT2D eigenvalue weighted by Gasteiger charge is -2.39. The van der Waals surface area contributed by atoms with E-state index in [1.165, 1.54) is 0 Å². The number of alkyl halides is 1. The van der Waals surface area contributed by atoms with Crippen LogP contribution in [0.5, 0.6) is 5.75 Å². The maximum Gasteiger partial charge on any atom is 0.229 e. The van der Waals surface area contributed by atoms with E-state index in [1.54, 1.807) is 43.7 Å². The molecule has 2 aromatic carbocycles. The standard InChI is InChI=1S/C32H35BrFN10O2P/c1-42-15-19(13-38-42)22-11-26(28(46-2)12-27(22)43-10-7-21(18-43)44-16-20(34)17-44)40-32-37-14-23(33)31(41-32)39-25-6-5-24-29(36-9-8-35-24)30(25)47(3,4)45/h5-6,8-9,11-15,20-21H,7,10,16-18H2,1-4H3,(H2,37,39,40,41). The molecule has 2 aliphatic heterocycles. The largest absolute Gasteiger partial charge is 0.494 e. The number of fused-ring (bicyclic) bond motifs is 1. The summed E-state index contributed by atoms with van der Waals surface area (Å²) in [5, 5.41) is 11.7. The lowest BCUT2D eigenvalue weighted by molar-refractivity contribution is 0.0347. The van der Waals surface area contributed by atoms with Gasteiger partial charge in [-0.2, -0.15) is 10.1 Å². The van der Waals surface area contributed by atoms with Crippen LogP contribution in [0.2, 0.25) is 0 Å². The fourth-order valence-corrected chi connectivity index (χ4v) is 8.02. The van der Waals surface area contributed by atoms with Crippen molar-refractivity contribution in [3.05, 3.63) is 59.7 Å². The van der Waals surface area contributed by atoms with Crippen molar-refractivity contribution in [3.8, 4) is 16.9 Å². The summed E-state index contributed by atoms with van der Waals surface area (Å²) in [6.07, 6.45) is 8.95. The highest BCUT2D eigenvalue weighted by molar-refractivity contribution is 9.10. The number of nitrogens with one attached hydrogen (secondary N) is 2. The molecule has 2 aliphatic rings. The summed E-state index contributed by atoms with van der Waals surface area (Å²) in [5.74, 6) is 1.43. The van der Waals surface area contributed by atoms with Gasteiger partial charge in [-0.1, -0.05) is 0 Å². The molecule has 12 nitrogen and oxygen atoms in total. The van der Waals surface area contributed by atoms with Crippen molar-refractivity contribution in [1.82, 2.24) is 34.6 Å². The molecule has 47 heavy (non-hydrogen) atoms. The first-order chi connectivity index (χ1) is 22.6. The van der Waals surface area contributed by atoms with Gasteiger partial charge in [0.05, 0.1) is 40.0 Å². The van der Waals surface area contributed by atoms with Gasteiger partial charge in [-0.25, -0.2) is 9.37 Å². The quantitative estimate of drug-likeness (QED) is 0.186. The molecule has 3 aromatic heterocycles. The smallest absolute Gasteiger partial charge is 0.229 e. The van der Waals surface area contributed by atoms with Crippen molar-refractivity contribution in [2.75, 3.05) is 62.2 Å². The SMILES string of the molecule is COc1cc(N2CCC(N3CC(F)C3)C2)c(-c2cnn(C)c2)cc1Nc1ncc(Br)c(Nc2ccc3nccnc3c2P(C)(C)=O)n1. The molecule has 1 unspecified atom stereocenters. The van der Waals surface area contributed by atoms with E-state index in [-0.39, 0.29) is 0 Å². The topological polar surface area (TPSA) is 126 Å². The number of likely N-dealkylation sites (tertiary alicyclic amines) is 1. The molecule has 0 spiro atoms. The second kappa shape index (κ2) is 12.5. The van der Waals surface area contributed by atoms with Crippen LogP contribution in [0.15, 0.2) is 59.7 Å². The minimum absolute atomic E-state index is 0.319. The van der Waals surface area contributed by atoms with E-state index in [4.69, 9.17) is 9.72 Å². The Balaban J connectivity index is 1.22. The van der Waals surface area contributed by atoms with Crippen LogP contribution >= 0.6 is 23.1 Å². The summed E-state index contributed by atoms with van der Waals surface area (Å²) in [5.41, 5.74) is 5.52. The number of rotatable bonds is 9. The molecular formula is C32H35BrFN10O2P. The molecule has 244 valence electrons. The maximum atomic E-state index is 13.6. The molecule has 2 N–H and O–H groups in total. The molecule has 0 amide bonds. The molecule has 0 bridgehead atoms. The number of ether oxygens (including phenoxy) is 1. The third kappa shape index (κ3) is 6.29. The Hall–Kier alpha value is -4.13. The first-order valence-corrected chi connectivity index (χ1v) is 18.7. The van der Waals surface area contributed by atoms with Crippen LogP contribution in [-0.2, 0) is 11.6 Å². The number of nitrogens with zero attached hydrogens (tertiary/aromatic N) is 8. The zero-order valence-corrected chi connectivity index (χ0v) is 29.0. The highest BCUT2D eigenvalue weighted by Gasteiger charge is 2.37. The van der Waals surface area contributed by atoms with Gasteiger partial charge in [-0.05, 0) is 53.9 Å². The van der Waals surface area contributed by atoms with E-state index in [0.717, 1.165) is 36.3 Å². The number of methoxy groups -OCH3 is 1. The van der Waals surface area contributed by atoms with Gasteiger partial charge in [0, 0.05) is 86.9 Å². The number of aryl methyl sites for hydroxylation is 1. The Kier molecular flexibility index (Phi) is 8.35. The molecule has 15 heteroatoms. The van der Waals surface area contributed by atoms with Crippen molar-refractivity contribution in [3.63, 3.8) is 0 Å². The van der Waals surface area contributed by atoms with Crippen LogP contribution in [0.3, 0.4) is 0 Å². The average Bonchev–Trinajstić information content (AvgIpc) is 3.69. The molecule has 5 heterocycles. The van der Waals surface area contributed by atoms with Crippen molar-refractivity contribution in [2.45, 2.75) is 18.6 Å². The minimum Gasteiger partial charge on any atom is -0.494 e. The number of anilines is 5. The lowest BCUT2D eigenvalue weighted by atomic mass is 10.0. The molecule has 0 aliphatic carbocycles. The number of hydrogen-bond donors (Lipinski definition) is 2. The van der Waals surface area contributed by atoms with Gasteiger partial charge in [-0.15, -0.1) is 0 Å². The van der Waals surface area contributed by atoms with Crippen LogP contribution in [0, 0.1) is 0 Å². The first-order valence-electron chi connectivity index (χ1n) is 15.3. The molecular weight excluding hydrogens is 686 g/mol. The van der Waals surface area contributed by atoms with Crippen LogP contribution in [0.1, 0.15) is 6.42 Å². The summed E-state index contributed by atoms with van der Waals surface area (Å²) < 4.78 is 35.3. The maximum absolute atomic E-state index is 13.6. The molecule has 1 atom stereocenters. The predicted molar refractivity (Wildman–Crippen MR) is 187 cm³/mol. The van der Waals surface area contributed by atoms with Crippen LogP contribution in [0.4, 0.5) is 33.2 Å². The first kappa shape index (κ1) is 31.5. The summed E-state index contributed by atoms with van der Waals surface area (Å²) in [4.78, 5) is 22.7. The van der Waals surface area contributed by atoms with Crippen LogP contribution < -0.4 is 25.6 Å². The number of hydrogen-bond acceptors (Lipinski definition) is 11. The molecule has 0 radical (unpaired) electrons. The Bertz CT molecular complexity index is 2010. The van der Waals surface area contributed by atoms with Gasteiger partial charge in [0.15, 0.2) is 0 Å². The van der Waals surface area contributed by atoms with Crippen molar-refractivity contribution in [1.29, 1.82) is 0 Å². The van der Waals surface area contributed by atoms with Gasteiger partial charge in [-0.3, -0.25) is 19.5 Å². The fraction of sp³-hybridized carbons (Fsp3) is 0.344. The summed E-state index contributed by atoms with van der Waals surface area (Å²) in [7, 11) is 0.751. The second-order valence-corrected chi connectivity index (χ2v) is 16.3. The molecule has 7 rings (SSSR count). The summed E-state index contributed by atoms with van der Waals surface area (Å²) in [6.45, 7) is 6.12. The highest BCUT2D eigenvalue weighted by atomic mass is 79.9. The van der Waals surface area contributed by atoms with E-state index >= 15 is 0 Å². The number of aromatic nitrogens is 6. The molecule has 2 saturated heterocycles. The second-order valence-electron chi connectivity index (χ2n) is 12.3. The van der Waals surface area contributed by atoms with E-state index in [0.29, 0.717) is 68.8 Å². The summed E-state index contributed by atoms with van der Waals surface area (Å²) >= 11 is 3.57. The van der Waals surface area contributed by atoms with Gasteiger partial charge in [0.25, 0.3) is 0 Å². The van der Waals surface area contributed by atoms with Gasteiger partial charge in [0.1, 0.15) is 30.4 Å². The van der Waals surface area contributed by atoms with Crippen LogP contribution in [0.25, 0.3) is 22.2 Å². The predicted octanol–water partition coefficient (Wildman–Crippen LogP) is 5.56. The Morgan fingerprint density at radius 2 is 1.85 bits per heavy atom. The van der Waals surface area contributed by atoms with Crippen molar-refractivity contribution >= 4 is 68.2 Å². The zero-order chi connectivity index (χ0) is 32.9. The van der Waals surface area contributed by atoms with E-state index < -0.39 is 13.3 Å². The van der Waals surface area contributed by atoms with Crippen molar-refractivity contribution < 1.29 is 13.7 Å². The highest BCUT2D eigenvalue weighted by Crippen LogP contribution is 2.43. The normalized spacial score (nSPS) is 17.2. The summed E-state index contributed by atoms with van der Waals surface area (Å²) in [6, 6.07) is 8.06. The van der Waals surface area contributed by atoms with E-state index in [1.807, 2.05) is 43.7 Å². The monoisotopic (exact) mass is 720 g/mol. The zero-order valence-electron chi connectivity index (χ0n) is 26.5. The van der Waals surface area contributed by atoms with E-state index in [9.17, 15) is 8.96 Å². The third-order valence-corrected chi connectivity index (χ3v) is 10.7. The Labute approximate surface area is 280 Å². The van der Waals surface area contributed by atoms with Crippen LogP contribution in [-0.4, -0.2) is 93.4 Å². The number of benzene rings is 2. The Morgan fingerprint density at radius 1 is 1.04 bits per heavy atom.